The van der Waals surface area contributed by atoms with Crippen LogP contribution in [-0.4, -0.2) is 36.3 Å². The Balaban J connectivity index is 1.71. The van der Waals surface area contributed by atoms with Crippen molar-refractivity contribution in [1.29, 1.82) is 0 Å². The molecule has 0 aromatic carbocycles. The predicted octanol–water partition coefficient (Wildman–Crippen LogP) is 1.70. The molecule has 1 saturated heterocycles. The van der Waals surface area contributed by atoms with Crippen molar-refractivity contribution in [3.63, 3.8) is 0 Å². The Hall–Kier alpha value is -1.06. The largest absolute Gasteiger partial charge is 0.354 e. The van der Waals surface area contributed by atoms with Gasteiger partial charge in [-0.1, -0.05) is 32.1 Å². The summed E-state index contributed by atoms with van der Waals surface area (Å²) < 4.78 is 0. The van der Waals surface area contributed by atoms with E-state index in [9.17, 15) is 9.59 Å². The number of carbonyl (C=O) groups is 2. The van der Waals surface area contributed by atoms with E-state index in [0.29, 0.717) is 32.5 Å². The van der Waals surface area contributed by atoms with Crippen LogP contribution in [0.3, 0.4) is 0 Å². The molecule has 1 N–H and O–H groups in total. The zero-order valence-electron chi connectivity index (χ0n) is 11.1. The zero-order valence-corrected chi connectivity index (χ0v) is 11.1. The van der Waals surface area contributed by atoms with E-state index < -0.39 is 0 Å². The highest BCUT2D eigenvalue weighted by atomic mass is 16.2. The van der Waals surface area contributed by atoms with Crippen LogP contribution in [0, 0.1) is 5.92 Å². The monoisotopic (exact) mass is 252 g/mol. The average molecular weight is 252 g/mol. The predicted molar refractivity (Wildman–Crippen MR) is 70.0 cm³/mol. The van der Waals surface area contributed by atoms with Crippen molar-refractivity contribution in [1.82, 2.24) is 10.2 Å². The first-order valence-electron chi connectivity index (χ1n) is 7.30. The van der Waals surface area contributed by atoms with Gasteiger partial charge >= 0.3 is 0 Å². The van der Waals surface area contributed by atoms with Gasteiger partial charge in [0.2, 0.25) is 11.8 Å². The van der Waals surface area contributed by atoms with E-state index >= 15 is 0 Å². The highest BCUT2D eigenvalue weighted by molar-refractivity contribution is 5.80. The first-order chi connectivity index (χ1) is 8.75. The molecular formula is C14H24N2O2. The maximum Gasteiger partial charge on any atom is 0.222 e. The summed E-state index contributed by atoms with van der Waals surface area (Å²) in [4.78, 5) is 25.1. The van der Waals surface area contributed by atoms with Crippen LogP contribution < -0.4 is 5.32 Å². The number of carbonyl (C=O) groups excluding carboxylic acids is 2. The SMILES string of the molecule is O=C1CCN(C(=O)CCC2CCCCC2)CCN1. The van der Waals surface area contributed by atoms with E-state index in [-0.39, 0.29) is 11.8 Å². The summed E-state index contributed by atoms with van der Waals surface area (Å²) in [6.45, 7) is 1.87. The Morgan fingerprint density at radius 3 is 2.78 bits per heavy atom. The molecule has 2 rings (SSSR count). The van der Waals surface area contributed by atoms with E-state index in [1.165, 1.54) is 32.1 Å². The number of amides is 2. The van der Waals surface area contributed by atoms with Crippen molar-refractivity contribution in [2.75, 3.05) is 19.6 Å². The van der Waals surface area contributed by atoms with Gasteiger partial charge in [-0.15, -0.1) is 0 Å². The fourth-order valence-electron chi connectivity index (χ4n) is 2.98. The minimum absolute atomic E-state index is 0.0672. The summed E-state index contributed by atoms with van der Waals surface area (Å²) in [5.41, 5.74) is 0. The van der Waals surface area contributed by atoms with Gasteiger partial charge in [-0.2, -0.15) is 0 Å². The van der Waals surface area contributed by atoms with Crippen molar-refractivity contribution in [3.05, 3.63) is 0 Å². The Labute approximate surface area is 109 Å². The molecule has 4 heteroatoms. The normalized spacial score (nSPS) is 22.4. The molecule has 0 spiro atoms. The van der Waals surface area contributed by atoms with Crippen molar-refractivity contribution in [3.8, 4) is 0 Å². The summed E-state index contributed by atoms with van der Waals surface area (Å²) in [6, 6.07) is 0. The fourth-order valence-corrected chi connectivity index (χ4v) is 2.98. The van der Waals surface area contributed by atoms with Crippen molar-refractivity contribution >= 4 is 11.8 Å². The highest BCUT2D eigenvalue weighted by Gasteiger charge is 2.20. The lowest BCUT2D eigenvalue weighted by Crippen LogP contribution is -2.34. The molecule has 0 radical (unpaired) electrons. The number of hydrogen-bond donors (Lipinski definition) is 1. The third-order valence-corrected chi connectivity index (χ3v) is 4.16. The molecule has 0 unspecified atom stereocenters. The molecule has 0 bridgehead atoms. The molecule has 1 aliphatic heterocycles. The first kappa shape index (κ1) is 13.4. The number of nitrogens with one attached hydrogen (secondary N) is 1. The van der Waals surface area contributed by atoms with Crippen LogP contribution in [0.2, 0.25) is 0 Å². The Morgan fingerprint density at radius 1 is 1.22 bits per heavy atom. The van der Waals surface area contributed by atoms with Gasteiger partial charge in [-0.05, 0) is 12.3 Å². The van der Waals surface area contributed by atoms with Gasteiger partial charge in [-0.25, -0.2) is 0 Å². The molecule has 2 aliphatic rings. The quantitative estimate of drug-likeness (QED) is 0.831. The van der Waals surface area contributed by atoms with E-state index in [1.54, 1.807) is 0 Å². The van der Waals surface area contributed by atoms with Crippen LogP contribution in [0.1, 0.15) is 51.4 Å². The summed E-state index contributed by atoms with van der Waals surface area (Å²) in [6.07, 6.45) is 8.79. The molecule has 4 nitrogen and oxygen atoms in total. The second kappa shape index (κ2) is 6.76. The Kier molecular flexibility index (Phi) is 5.02. The van der Waals surface area contributed by atoms with Gasteiger partial charge in [0.25, 0.3) is 0 Å². The number of rotatable bonds is 3. The molecule has 2 fully saturated rings. The van der Waals surface area contributed by atoms with Crippen LogP contribution in [-0.2, 0) is 9.59 Å². The van der Waals surface area contributed by atoms with Crippen LogP contribution in [0.4, 0.5) is 0 Å². The van der Waals surface area contributed by atoms with E-state index in [4.69, 9.17) is 0 Å². The molecule has 18 heavy (non-hydrogen) atoms. The minimum atomic E-state index is 0.0672. The fraction of sp³-hybridized carbons (Fsp3) is 0.857. The Bertz CT molecular complexity index is 298. The van der Waals surface area contributed by atoms with Crippen molar-refractivity contribution in [2.24, 2.45) is 5.92 Å². The second-order valence-corrected chi connectivity index (χ2v) is 5.52. The average Bonchev–Trinajstić information content (AvgIpc) is 2.62. The molecule has 102 valence electrons. The van der Waals surface area contributed by atoms with Crippen molar-refractivity contribution < 1.29 is 9.59 Å². The lowest BCUT2D eigenvalue weighted by atomic mass is 9.86. The summed E-state index contributed by atoms with van der Waals surface area (Å²) >= 11 is 0. The maximum absolute atomic E-state index is 12.1. The molecule has 1 saturated carbocycles. The second-order valence-electron chi connectivity index (χ2n) is 5.52. The van der Waals surface area contributed by atoms with Crippen molar-refractivity contribution in [2.45, 2.75) is 51.4 Å². The maximum atomic E-state index is 12.1. The van der Waals surface area contributed by atoms with Gasteiger partial charge in [0, 0.05) is 32.5 Å². The summed E-state index contributed by atoms with van der Waals surface area (Å²) in [5.74, 6) is 1.06. The van der Waals surface area contributed by atoms with E-state index in [2.05, 4.69) is 5.32 Å². The zero-order chi connectivity index (χ0) is 12.8. The summed E-state index contributed by atoms with van der Waals surface area (Å²) in [5, 5.41) is 2.80. The molecule has 1 aliphatic carbocycles. The molecular weight excluding hydrogens is 228 g/mol. The van der Waals surface area contributed by atoms with Gasteiger partial charge in [0.05, 0.1) is 0 Å². The van der Waals surface area contributed by atoms with E-state index in [1.807, 2.05) is 4.90 Å². The summed E-state index contributed by atoms with van der Waals surface area (Å²) in [7, 11) is 0. The van der Waals surface area contributed by atoms with E-state index in [0.717, 1.165) is 12.3 Å². The lowest BCUT2D eigenvalue weighted by Gasteiger charge is -2.24. The number of hydrogen-bond acceptors (Lipinski definition) is 2. The van der Waals surface area contributed by atoms with Gasteiger partial charge in [-0.3, -0.25) is 9.59 Å². The van der Waals surface area contributed by atoms with Gasteiger partial charge in [0.15, 0.2) is 0 Å². The highest BCUT2D eigenvalue weighted by Crippen LogP contribution is 2.27. The van der Waals surface area contributed by atoms with Crippen LogP contribution >= 0.6 is 0 Å². The molecule has 0 atom stereocenters. The lowest BCUT2D eigenvalue weighted by molar-refractivity contribution is -0.131. The molecule has 0 aromatic rings. The minimum Gasteiger partial charge on any atom is -0.354 e. The topological polar surface area (TPSA) is 49.4 Å². The van der Waals surface area contributed by atoms with Gasteiger partial charge < -0.3 is 10.2 Å². The first-order valence-corrected chi connectivity index (χ1v) is 7.30. The Morgan fingerprint density at radius 2 is 2.00 bits per heavy atom. The molecule has 1 heterocycles. The van der Waals surface area contributed by atoms with Crippen LogP contribution in [0.5, 0.6) is 0 Å². The van der Waals surface area contributed by atoms with Gasteiger partial charge in [0.1, 0.15) is 0 Å². The third kappa shape index (κ3) is 4.00. The standard InChI is InChI=1S/C14H24N2O2/c17-13-8-10-16(11-9-15-13)14(18)7-6-12-4-2-1-3-5-12/h12H,1-11H2,(H,15,17). The smallest absolute Gasteiger partial charge is 0.222 e. The number of nitrogens with zero attached hydrogens (tertiary/aromatic N) is 1. The van der Waals surface area contributed by atoms with Crippen LogP contribution in [0.15, 0.2) is 0 Å². The molecule has 2 amide bonds. The van der Waals surface area contributed by atoms with Crippen LogP contribution in [0.25, 0.3) is 0 Å². The molecule has 0 aromatic heterocycles. The third-order valence-electron chi connectivity index (χ3n) is 4.16.